The highest BCUT2D eigenvalue weighted by Gasteiger charge is 2.21. The lowest BCUT2D eigenvalue weighted by Crippen LogP contribution is -2.03. The van der Waals surface area contributed by atoms with Gasteiger partial charge in [-0.3, -0.25) is 5.41 Å². The molecule has 0 atom stereocenters. The van der Waals surface area contributed by atoms with Gasteiger partial charge < -0.3 is 4.74 Å². The van der Waals surface area contributed by atoms with Crippen molar-refractivity contribution in [1.29, 1.82) is 5.41 Å². The van der Waals surface area contributed by atoms with Crippen LogP contribution in [-0.2, 0) is 4.74 Å². The second-order valence-electron chi connectivity index (χ2n) is 2.53. The summed E-state index contributed by atoms with van der Waals surface area (Å²) in [5.41, 5.74) is 0. The minimum Gasteiger partial charge on any atom is -0.481 e. The Kier molecular flexibility index (Phi) is 2.09. The molecule has 0 heterocycles. The van der Waals surface area contributed by atoms with Crippen LogP contribution >= 0.6 is 0 Å². The highest BCUT2D eigenvalue weighted by Crippen LogP contribution is 2.28. The third-order valence-corrected chi connectivity index (χ3v) is 1.51. The monoisotopic (exact) mass is 127 g/mol. The van der Waals surface area contributed by atoms with Crippen molar-refractivity contribution in [3.8, 4) is 0 Å². The summed E-state index contributed by atoms with van der Waals surface area (Å²) in [6.07, 6.45) is 3.33. The first-order valence-corrected chi connectivity index (χ1v) is 3.53. The fourth-order valence-corrected chi connectivity index (χ4v) is 0.605. The van der Waals surface area contributed by atoms with Crippen molar-refractivity contribution < 1.29 is 4.74 Å². The molecule has 0 bridgehead atoms. The summed E-state index contributed by atoms with van der Waals surface area (Å²) in [5.74, 6) is 1.21. The maximum absolute atomic E-state index is 7.14. The maximum atomic E-state index is 7.14. The molecule has 0 radical (unpaired) electrons. The maximum Gasteiger partial charge on any atom is 0.180 e. The zero-order chi connectivity index (χ0) is 6.69. The summed E-state index contributed by atoms with van der Waals surface area (Å²) >= 11 is 0. The molecule has 1 fully saturated rings. The molecule has 1 rings (SSSR count). The lowest BCUT2D eigenvalue weighted by atomic mass is 10.4. The zero-order valence-corrected chi connectivity index (χ0v) is 5.81. The molecule has 9 heavy (non-hydrogen) atoms. The fourth-order valence-electron chi connectivity index (χ4n) is 0.605. The van der Waals surface area contributed by atoms with Gasteiger partial charge in [0.15, 0.2) is 5.90 Å². The van der Waals surface area contributed by atoms with E-state index < -0.39 is 0 Å². The van der Waals surface area contributed by atoms with Crippen LogP contribution in [0, 0.1) is 11.3 Å². The Balaban J connectivity index is 1.96. The smallest absolute Gasteiger partial charge is 0.180 e. The molecule has 52 valence electrons. The van der Waals surface area contributed by atoms with Crippen LogP contribution in [0.4, 0.5) is 0 Å². The molecule has 0 unspecified atom stereocenters. The van der Waals surface area contributed by atoms with E-state index in [1.54, 1.807) is 0 Å². The Morgan fingerprint density at radius 2 is 2.33 bits per heavy atom. The van der Waals surface area contributed by atoms with Gasteiger partial charge in [0, 0.05) is 6.42 Å². The first-order chi connectivity index (χ1) is 4.33. The molecule has 0 aromatic carbocycles. The molecule has 0 aromatic rings. The molecular formula is C7H13NO. The van der Waals surface area contributed by atoms with Gasteiger partial charge in [0.2, 0.25) is 0 Å². The Morgan fingerprint density at radius 1 is 1.67 bits per heavy atom. The van der Waals surface area contributed by atoms with Gasteiger partial charge in [-0.2, -0.15) is 0 Å². The van der Waals surface area contributed by atoms with Crippen molar-refractivity contribution in [2.45, 2.75) is 26.2 Å². The average Bonchev–Trinajstić information content (AvgIpc) is 2.65. The summed E-state index contributed by atoms with van der Waals surface area (Å²) in [6.45, 7) is 2.72. The van der Waals surface area contributed by atoms with Gasteiger partial charge in [0.25, 0.3) is 0 Å². The van der Waals surface area contributed by atoms with Crippen LogP contribution < -0.4 is 0 Å². The van der Waals surface area contributed by atoms with Crippen molar-refractivity contribution in [3.05, 3.63) is 0 Å². The molecule has 2 heteroatoms. The Bertz CT molecular complexity index is 107. The Hall–Kier alpha value is -0.530. The normalized spacial score (nSPS) is 17.4. The molecular weight excluding hydrogens is 114 g/mol. The van der Waals surface area contributed by atoms with E-state index >= 15 is 0 Å². The van der Waals surface area contributed by atoms with E-state index in [4.69, 9.17) is 10.1 Å². The van der Waals surface area contributed by atoms with Crippen LogP contribution in [0.25, 0.3) is 0 Å². The zero-order valence-electron chi connectivity index (χ0n) is 5.81. The minimum absolute atomic E-state index is 0.432. The van der Waals surface area contributed by atoms with Gasteiger partial charge >= 0.3 is 0 Å². The van der Waals surface area contributed by atoms with Gasteiger partial charge in [0.05, 0.1) is 6.61 Å². The number of hydrogen-bond donors (Lipinski definition) is 1. The number of hydrogen-bond acceptors (Lipinski definition) is 2. The molecule has 1 N–H and O–H groups in total. The molecule has 0 aromatic heterocycles. The van der Waals surface area contributed by atoms with Crippen LogP contribution in [0.15, 0.2) is 0 Å². The van der Waals surface area contributed by atoms with Crippen molar-refractivity contribution in [1.82, 2.24) is 0 Å². The van der Waals surface area contributed by atoms with E-state index in [0.717, 1.165) is 18.9 Å². The van der Waals surface area contributed by atoms with Crippen molar-refractivity contribution in [2.24, 2.45) is 5.92 Å². The summed E-state index contributed by atoms with van der Waals surface area (Å²) in [6, 6.07) is 0. The third-order valence-electron chi connectivity index (χ3n) is 1.51. The standard InChI is InChI=1S/C7H13NO/c1-2-7(8)9-5-6-3-4-6/h6,8H,2-5H2,1H3. The van der Waals surface area contributed by atoms with E-state index in [1.165, 1.54) is 12.8 Å². The first kappa shape index (κ1) is 6.59. The second kappa shape index (κ2) is 2.85. The predicted molar refractivity (Wildman–Crippen MR) is 36.7 cm³/mol. The lowest BCUT2D eigenvalue weighted by Gasteiger charge is -2.01. The minimum atomic E-state index is 0.432. The van der Waals surface area contributed by atoms with Crippen molar-refractivity contribution in [3.63, 3.8) is 0 Å². The molecule has 1 aliphatic carbocycles. The number of rotatable bonds is 3. The van der Waals surface area contributed by atoms with E-state index in [2.05, 4.69) is 0 Å². The summed E-state index contributed by atoms with van der Waals surface area (Å²) in [7, 11) is 0. The molecule has 1 saturated carbocycles. The van der Waals surface area contributed by atoms with Crippen molar-refractivity contribution in [2.75, 3.05) is 6.61 Å². The molecule has 0 amide bonds. The highest BCUT2D eigenvalue weighted by molar-refractivity contribution is 5.72. The third kappa shape index (κ3) is 2.49. The van der Waals surface area contributed by atoms with Gasteiger partial charge in [-0.15, -0.1) is 0 Å². The quantitative estimate of drug-likeness (QED) is 0.455. The molecule has 2 nitrogen and oxygen atoms in total. The number of nitrogens with one attached hydrogen (secondary N) is 1. The summed E-state index contributed by atoms with van der Waals surface area (Å²) in [5, 5.41) is 7.14. The van der Waals surface area contributed by atoms with Gasteiger partial charge in [-0.1, -0.05) is 6.92 Å². The van der Waals surface area contributed by atoms with Gasteiger partial charge in [-0.25, -0.2) is 0 Å². The van der Waals surface area contributed by atoms with Crippen LogP contribution in [0.5, 0.6) is 0 Å². The first-order valence-electron chi connectivity index (χ1n) is 3.53. The fraction of sp³-hybridized carbons (Fsp3) is 0.857. The SMILES string of the molecule is CCC(=N)OCC1CC1. The molecule has 0 aliphatic heterocycles. The largest absolute Gasteiger partial charge is 0.481 e. The molecule has 1 aliphatic rings. The van der Waals surface area contributed by atoms with E-state index in [-0.39, 0.29) is 0 Å². The average molecular weight is 127 g/mol. The van der Waals surface area contributed by atoms with Gasteiger partial charge in [-0.05, 0) is 18.8 Å². The topological polar surface area (TPSA) is 33.1 Å². The second-order valence-corrected chi connectivity index (χ2v) is 2.53. The molecule has 0 spiro atoms. The lowest BCUT2D eigenvalue weighted by molar-refractivity contribution is 0.277. The Morgan fingerprint density at radius 3 is 2.78 bits per heavy atom. The van der Waals surface area contributed by atoms with Crippen LogP contribution in [-0.4, -0.2) is 12.5 Å². The van der Waals surface area contributed by atoms with Crippen molar-refractivity contribution >= 4 is 5.90 Å². The van der Waals surface area contributed by atoms with E-state index in [0.29, 0.717) is 5.90 Å². The summed E-state index contributed by atoms with van der Waals surface area (Å²) < 4.78 is 5.10. The Labute approximate surface area is 55.7 Å². The van der Waals surface area contributed by atoms with Gasteiger partial charge in [0.1, 0.15) is 0 Å². The number of ether oxygens (including phenoxy) is 1. The molecule has 0 saturated heterocycles. The van der Waals surface area contributed by atoms with E-state index in [1.807, 2.05) is 6.92 Å². The van der Waals surface area contributed by atoms with E-state index in [9.17, 15) is 0 Å². The van der Waals surface area contributed by atoms with Crippen LogP contribution in [0.1, 0.15) is 26.2 Å². The van der Waals surface area contributed by atoms with Crippen LogP contribution in [0.3, 0.4) is 0 Å². The summed E-state index contributed by atoms with van der Waals surface area (Å²) in [4.78, 5) is 0. The predicted octanol–water partition coefficient (Wildman–Crippen LogP) is 1.80. The highest BCUT2D eigenvalue weighted by atomic mass is 16.5. The van der Waals surface area contributed by atoms with Crippen LogP contribution in [0.2, 0.25) is 0 Å².